The van der Waals surface area contributed by atoms with Crippen LogP contribution in [0, 0.1) is 9.49 Å². The summed E-state index contributed by atoms with van der Waals surface area (Å²) in [6, 6.07) is 6.24. The van der Waals surface area contributed by atoms with Gasteiger partial charge in [-0.25, -0.2) is 0 Å². The van der Waals surface area contributed by atoms with Crippen molar-refractivity contribution in [2.45, 2.75) is 18.9 Å². The largest absolute Gasteiger partial charge is 0.324 e. The van der Waals surface area contributed by atoms with Crippen molar-refractivity contribution < 1.29 is 0 Å². The lowest BCUT2D eigenvalue weighted by atomic mass is 10.0. The van der Waals surface area contributed by atoms with Gasteiger partial charge >= 0.3 is 0 Å². The van der Waals surface area contributed by atoms with Crippen LogP contribution in [0.25, 0.3) is 0 Å². The van der Waals surface area contributed by atoms with Gasteiger partial charge in [-0.3, -0.25) is 0 Å². The molecular weight excluding hydrogens is 296 g/mol. The van der Waals surface area contributed by atoms with E-state index in [4.69, 9.17) is 17.3 Å². The van der Waals surface area contributed by atoms with Crippen molar-refractivity contribution in [3.05, 3.63) is 32.4 Å². The Labute approximate surface area is 96.8 Å². The van der Waals surface area contributed by atoms with Gasteiger partial charge in [0.1, 0.15) is 0 Å². The smallest absolute Gasteiger partial charge is 0.0419 e. The van der Waals surface area contributed by atoms with Crippen LogP contribution in [0.2, 0.25) is 5.02 Å². The summed E-state index contributed by atoms with van der Waals surface area (Å²) in [4.78, 5) is 0. The molecule has 1 saturated carbocycles. The average molecular weight is 308 g/mol. The van der Waals surface area contributed by atoms with E-state index in [1.807, 2.05) is 12.1 Å². The van der Waals surface area contributed by atoms with Gasteiger partial charge in [-0.1, -0.05) is 11.6 Å². The van der Waals surface area contributed by atoms with Gasteiger partial charge in [-0.2, -0.15) is 0 Å². The Hall–Kier alpha value is 0.200. The van der Waals surface area contributed by atoms with Gasteiger partial charge in [0.15, 0.2) is 0 Å². The molecule has 0 amide bonds. The van der Waals surface area contributed by atoms with Crippen molar-refractivity contribution in [3.63, 3.8) is 0 Å². The maximum Gasteiger partial charge on any atom is 0.0419 e. The summed E-state index contributed by atoms with van der Waals surface area (Å²) in [5.41, 5.74) is 7.26. The summed E-state index contributed by atoms with van der Waals surface area (Å²) < 4.78 is 1.16. The van der Waals surface area contributed by atoms with Gasteiger partial charge in [0.05, 0.1) is 0 Å². The standard InChI is InChI=1S/C10H11ClIN/c11-8-3-7(4-9(12)5-8)10(13)6-1-2-6/h3-6,10H,1-2,13H2/t10-/m0/s1. The summed E-state index contributed by atoms with van der Waals surface area (Å²) in [5, 5.41) is 0.790. The van der Waals surface area contributed by atoms with E-state index in [1.165, 1.54) is 18.4 Å². The number of nitrogens with two attached hydrogens (primary N) is 1. The van der Waals surface area contributed by atoms with Gasteiger partial charge in [-0.05, 0) is 65.1 Å². The zero-order valence-electron chi connectivity index (χ0n) is 7.13. The molecule has 2 N–H and O–H groups in total. The number of hydrogen-bond donors (Lipinski definition) is 1. The Balaban J connectivity index is 2.27. The van der Waals surface area contributed by atoms with E-state index in [0.717, 1.165) is 8.59 Å². The van der Waals surface area contributed by atoms with E-state index < -0.39 is 0 Å². The molecule has 0 heterocycles. The second-order valence-corrected chi connectivity index (χ2v) is 5.25. The zero-order valence-corrected chi connectivity index (χ0v) is 10.0. The molecule has 1 aliphatic carbocycles. The van der Waals surface area contributed by atoms with E-state index in [1.54, 1.807) is 0 Å². The summed E-state index contributed by atoms with van der Waals surface area (Å²) in [6.45, 7) is 0. The molecule has 0 aromatic heterocycles. The fraction of sp³-hybridized carbons (Fsp3) is 0.400. The Morgan fingerprint density at radius 3 is 2.62 bits per heavy atom. The number of rotatable bonds is 2. The molecule has 0 bridgehead atoms. The predicted molar refractivity (Wildman–Crippen MR) is 63.8 cm³/mol. The highest BCUT2D eigenvalue weighted by Gasteiger charge is 2.29. The van der Waals surface area contributed by atoms with Gasteiger partial charge in [0.2, 0.25) is 0 Å². The van der Waals surface area contributed by atoms with Crippen LogP contribution >= 0.6 is 34.2 Å². The third-order valence-electron chi connectivity index (χ3n) is 2.40. The molecule has 2 rings (SSSR count). The third kappa shape index (κ3) is 2.36. The highest BCUT2D eigenvalue weighted by molar-refractivity contribution is 14.1. The molecule has 0 saturated heterocycles. The Morgan fingerprint density at radius 1 is 1.38 bits per heavy atom. The second-order valence-electron chi connectivity index (χ2n) is 3.57. The van der Waals surface area contributed by atoms with Crippen LogP contribution in [0.5, 0.6) is 0 Å². The molecule has 1 aromatic carbocycles. The minimum Gasteiger partial charge on any atom is -0.324 e. The van der Waals surface area contributed by atoms with Crippen LogP contribution in [0.1, 0.15) is 24.4 Å². The topological polar surface area (TPSA) is 26.0 Å². The van der Waals surface area contributed by atoms with Gasteiger partial charge in [0, 0.05) is 14.6 Å². The first kappa shape index (κ1) is 9.74. The van der Waals surface area contributed by atoms with E-state index in [0.29, 0.717) is 5.92 Å². The quantitative estimate of drug-likeness (QED) is 0.833. The molecule has 0 radical (unpaired) electrons. The lowest BCUT2D eigenvalue weighted by Crippen LogP contribution is -2.12. The van der Waals surface area contributed by atoms with Crippen molar-refractivity contribution in [1.29, 1.82) is 0 Å². The molecular formula is C10H11ClIN. The van der Waals surface area contributed by atoms with E-state index in [2.05, 4.69) is 28.7 Å². The predicted octanol–water partition coefficient (Wildman–Crippen LogP) is 3.35. The van der Waals surface area contributed by atoms with Crippen LogP contribution in [0.4, 0.5) is 0 Å². The van der Waals surface area contributed by atoms with Crippen molar-refractivity contribution in [3.8, 4) is 0 Å². The SMILES string of the molecule is N[C@H](c1cc(Cl)cc(I)c1)C1CC1. The zero-order chi connectivity index (χ0) is 9.42. The molecule has 1 nitrogen and oxygen atoms in total. The first-order valence-corrected chi connectivity index (χ1v) is 5.84. The van der Waals surface area contributed by atoms with Crippen LogP contribution in [0.3, 0.4) is 0 Å². The lowest BCUT2D eigenvalue weighted by Gasteiger charge is -2.11. The summed E-state index contributed by atoms with van der Waals surface area (Å²) >= 11 is 8.23. The van der Waals surface area contributed by atoms with Crippen molar-refractivity contribution in [1.82, 2.24) is 0 Å². The first-order valence-electron chi connectivity index (χ1n) is 4.38. The van der Waals surface area contributed by atoms with Gasteiger partial charge in [-0.15, -0.1) is 0 Å². The summed E-state index contributed by atoms with van der Waals surface area (Å²) in [6.07, 6.45) is 2.54. The maximum atomic E-state index is 6.08. The normalized spacial score (nSPS) is 18.7. The van der Waals surface area contributed by atoms with Crippen molar-refractivity contribution in [2.24, 2.45) is 11.7 Å². The maximum absolute atomic E-state index is 6.08. The molecule has 1 aliphatic rings. The van der Waals surface area contributed by atoms with E-state index >= 15 is 0 Å². The number of halogens is 2. The third-order valence-corrected chi connectivity index (χ3v) is 3.24. The highest BCUT2D eigenvalue weighted by atomic mass is 127. The van der Waals surface area contributed by atoms with Crippen molar-refractivity contribution >= 4 is 34.2 Å². The van der Waals surface area contributed by atoms with Crippen LogP contribution in [0.15, 0.2) is 18.2 Å². The fourth-order valence-electron chi connectivity index (χ4n) is 1.50. The molecule has 1 aromatic rings. The molecule has 0 spiro atoms. The Kier molecular flexibility index (Phi) is 2.81. The van der Waals surface area contributed by atoms with Gasteiger partial charge in [0.25, 0.3) is 0 Å². The summed E-state index contributed by atoms with van der Waals surface area (Å²) in [5.74, 6) is 0.689. The van der Waals surface area contributed by atoms with Gasteiger partial charge < -0.3 is 5.73 Å². The molecule has 0 unspecified atom stereocenters. The number of benzene rings is 1. The van der Waals surface area contributed by atoms with E-state index in [-0.39, 0.29) is 6.04 Å². The Morgan fingerprint density at radius 2 is 2.08 bits per heavy atom. The number of hydrogen-bond acceptors (Lipinski definition) is 1. The minimum atomic E-state index is 0.187. The average Bonchev–Trinajstić information content (AvgIpc) is 2.83. The summed E-state index contributed by atoms with van der Waals surface area (Å²) in [7, 11) is 0. The highest BCUT2D eigenvalue weighted by Crippen LogP contribution is 2.40. The fourth-order valence-corrected chi connectivity index (χ4v) is 2.62. The van der Waals surface area contributed by atoms with Crippen molar-refractivity contribution in [2.75, 3.05) is 0 Å². The second kappa shape index (κ2) is 3.75. The molecule has 70 valence electrons. The first-order chi connectivity index (χ1) is 6.16. The van der Waals surface area contributed by atoms with E-state index in [9.17, 15) is 0 Å². The minimum absolute atomic E-state index is 0.187. The van der Waals surface area contributed by atoms with Crippen LogP contribution in [-0.2, 0) is 0 Å². The van der Waals surface area contributed by atoms with Crippen LogP contribution < -0.4 is 5.73 Å². The molecule has 1 atom stereocenters. The molecule has 0 aliphatic heterocycles. The lowest BCUT2D eigenvalue weighted by molar-refractivity contribution is 0.633. The monoisotopic (exact) mass is 307 g/mol. The Bertz CT molecular complexity index is 302. The molecule has 3 heteroatoms. The molecule has 1 fully saturated rings. The molecule has 13 heavy (non-hydrogen) atoms. The van der Waals surface area contributed by atoms with Crippen LogP contribution in [-0.4, -0.2) is 0 Å².